The van der Waals surface area contributed by atoms with Crippen LogP contribution in [0.15, 0.2) is 0 Å². The van der Waals surface area contributed by atoms with E-state index in [2.05, 4.69) is 12.6 Å². The van der Waals surface area contributed by atoms with Crippen LogP contribution in [0.2, 0.25) is 0 Å². The minimum atomic E-state index is 0.480. The molecule has 2 heteroatoms. The van der Waals surface area contributed by atoms with Crippen molar-refractivity contribution in [1.82, 2.24) is 0 Å². The molecular formula is C7H13NS. The summed E-state index contributed by atoms with van der Waals surface area (Å²) in [6, 6.07) is 0.480. The van der Waals surface area contributed by atoms with Gasteiger partial charge in [0, 0.05) is 11.3 Å². The molecule has 2 rings (SSSR count). The smallest absolute Gasteiger partial charge is 0.0117 e. The van der Waals surface area contributed by atoms with Crippen molar-refractivity contribution in [1.29, 1.82) is 0 Å². The minimum absolute atomic E-state index is 0.480. The first kappa shape index (κ1) is 6.05. The zero-order valence-electron chi connectivity index (χ0n) is 5.51. The molecule has 0 amide bonds. The average molecular weight is 143 g/mol. The minimum Gasteiger partial charge on any atom is -0.327 e. The van der Waals surface area contributed by atoms with Gasteiger partial charge in [0.2, 0.25) is 0 Å². The molecule has 2 unspecified atom stereocenters. The summed E-state index contributed by atoms with van der Waals surface area (Å²) in [6.45, 7) is 0. The molecule has 0 aromatic heterocycles. The van der Waals surface area contributed by atoms with E-state index in [1.165, 1.54) is 19.3 Å². The molecule has 0 radical (unpaired) electrons. The molecule has 0 aromatic carbocycles. The molecule has 1 spiro atoms. The number of nitrogens with two attached hydrogens (primary N) is 1. The fourth-order valence-electron chi connectivity index (χ4n) is 2.09. The van der Waals surface area contributed by atoms with E-state index in [9.17, 15) is 0 Å². The van der Waals surface area contributed by atoms with E-state index in [4.69, 9.17) is 5.73 Å². The highest BCUT2D eigenvalue weighted by molar-refractivity contribution is 7.81. The number of hydrogen-bond donors (Lipinski definition) is 2. The van der Waals surface area contributed by atoms with Crippen LogP contribution in [-0.2, 0) is 0 Å². The highest BCUT2D eigenvalue weighted by atomic mass is 32.1. The van der Waals surface area contributed by atoms with Gasteiger partial charge in [0.1, 0.15) is 0 Å². The van der Waals surface area contributed by atoms with Crippen molar-refractivity contribution >= 4 is 12.6 Å². The Balaban J connectivity index is 2.08. The maximum absolute atomic E-state index is 5.86. The van der Waals surface area contributed by atoms with Gasteiger partial charge in [-0.3, -0.25) is 0 Å². The fourth-order valence-corrected chi connectivity index (χ4v) is 2.76. The number of rotatable bonds is 0. The van der Waals surface area contributed by atoms with Crippen LogP contribution in [0.5, 0.6) is 0 Å². The largest absolute Gasteiger partial charge is 0.327 e. The van der Waals surface area contributed by atoms with E-state index < -0.39 is 0 Å². The van der Waals surface area contributed by atoms with Gasteiger partial charge >= 0.3 is 0 Å². The van der Waals surface area contributed by atoms with Gasteiger partial charge in [-0.1, -0.05) is 6.42 Å². The summed E-state index contributed by atoms with van der Waals surface area (Å²) in [7, 11) is 0. The SMILES string of the molecule is NC1CC(S)C12CCC2. The Morgan fingerprint density at radius 3 is 2.22 bits per heavy atom. The lowest BCUT2D eigenvalue weighted by Crippen LogP contribution is -2.62. The van der Waals surface area contributed by atoms with Crippen molar-refractivity contribution in [2.75, 3.05) is 0 Å². The van der Waals surface area contributed by atoms with Crippen LogP contribution in [-0.4, -0.2) is 11.3 Å². The molecule has 9 heavy (non-hydrogen) atoms. The number of thiol groups is 1. The van der Waals surface area contributed by atoms with E-state index in [1.54, 1.807) is 0 Å². The van der Waals surface area contributed by atoms with Crippen molar-refractivity contribution in [2.24, 2.45) is 11.1 Å². The Kier molecular flexibility index (Phi) is 1.12. The third-order valence-corrected chi connectivity index (χ3v) is 3.89. The molecule has 0 bridgehead atoms. The van der Waals surface area contributed by atoms with Crippen LogP contribution in [0.4, 0.5) is 0 Å². The summed E-state index contributed by atoms with van der Waals surface area (Å²) in [5, 5.41) is 0.626. The summed E-state index contributed by atoms with van der Waals surface area (Å²) in [5.74, 6) is 0. The molecule has 2 fully saturated rings. The molecule has 0 aliphatic heterocycles. The van der Waals surface area contributed by atoms with E-state index >= 15 is 0 Å². The van der Waals surface area contributed by atoms with Crippen molar-refractivity contribution in [3.05, 3.63) is 0 Å². The second-order valence-corrected chi connectivity index (χ2v) is 4.07. The normalized spacial score (nSPS) is 46.0. The molecule has 0 saturated heterocycles. The van der Waals surface area contributed by atoms with Gasteiger partial charge in [0.05, 0.1) is 0 Å². The topological polar surface area (TPSA) is 26.0 Å². The molecule has 2 aliphatic rings. The summed E-state index contributed by atoms with van der Waals surface area (Å²) in [4.78, 5) is 0. The van der Waals surface area contributed by atoms with Gasteiger partial charge in [0.15, 0.2) is 0 Å². The summed E-state index contributed by atoms with van der Waals surface area (Å²) < 4.78 is 0. The lowest BCUT2D eigenvalue weighted by atomic mass is 9.53. The third-order valence-electron chi connectivity index (χ3n) is 3.16. The van der Waals surface area contributed by atoms with Gasteiger partial charge in [-0.15, -0.1) is 0 Å². The maximum Gasteiger partial charge on any atom is 0.0117 e. The predicted molar refractivity (Wildman–Crippen MR) is 41.7 cm³/mol. The standard InChI is InChI=1S/C7H13NS/c8-5-4-6(9)7(5)2-1-3-7/h5-6,9H,1-4,8H2. The molecular weight excluding hydrogens is 130 g/mol. The van der Waals surface area contributed by atoms with Crippen LogP contribution >= 0.6 is 12.6 Å². The molecule has 52 valence electrons. The van der Waals surface area contributed by atoms with Crippen LogP contribution in [0.1, 0.15) is 25.7 Å². The van der Waals surface area contributed by atoms with Gasteiger partial charge < -0.3 is 5.73 Å². The molecule has 2 N–H and O–H groups in total. The molecule has 2 saturated carbocycles. The first-order chi connectivity index (χ1) is 4.26. The van der Waals surface area contributed by atoms with Crippen LogP contribution in [0.3, 0.4) is 0 Å². The van der Waals surface area contributed by atoms with Crippen molar-refractivity contribution in [2.45, 2.75) is 37.0 Å². The van der Waals surface area contributed by atoms with Crippen LogP contribution in [0, 0.1) is 5.41 Å². The van der Waals surface area contributed by atoms with Crippen molar-refractivity contribution < 1.29 is 0 Å². The quantitative estimate of drug-likeness (QED) is 0.489. The second-order valence-electron chi connectivity index (χ2n) is 3.44. The monoisotopic (exact) mass is 143 g/mol. The van der Waals surface area contributed by atoms with Crippen LogP contribution < -0.4 is 5.73 Å². The van der Waals surface area contributed by atoms with Gasteiger partial charge in [-0.05, 0) is 24.7 Å². The van der Waals surface area contributed by atoms with E-state index in [0.717, 1.165) is 6.42 Å². The third kappa shape index (κ3) is 0.560. The molecule has 2 aliphatic carbocycles. The fraction of sp³-hybridized carbons (Fsp3) is 1.00. The number of hydrogen-bond acceptors (Lipinski definition) is 2. The lowest BCUT2D eigenvalue weighted by Gasteiger charge is -2.58. The summed E-state index contributed by atoms with van der Waals surface area (Å²) in [6.07, 6.45) is 5.19. The van der Waals surface area contributed by atoms with E-state index in [0.29, 0.717) is 16.7 Å². The van der Waals surface area contributed by atoms with E-state index in [-0.39, 0.29) is 0 Å². The van der Waals surface area contributed by atoms with Gasteiger partial charge in [-0.25, -0.2) is 0 Å². The highest BCUT2D eigenvalue weighted by Gasteiger charge is 2.54. The molecule has 0 aromatic rings. The second kappa shape index (κ2) is 1.67. The molecule has 2 atom stereocenters. The zero-order valence-corrected chi connectivity index (χ0v) is 6.40. The van der Waals surface area contributed by atoms with Crippen LogP contribution in [0.25, 0.3) is 0 Å². The van der Waals surface area contributed by atoms with Gasteiger partial charge in [0.25, 0.3) is 0 Å². The molecule has 0 heterocycles. The summed E-state index contributed by atoms with van der Waals surface area (Å²) in [5.41, 5.74) is 6.36. The van der Waals surface area contributed by atoms with E-state index in [1.807, 2.05) is 0 Å². The predicted octanol–water partition coefficient (Wildman–Crippen LogP) is 1.19. The first-order valence-electron chi connectivity index (χ1n) is 3.69. The van der Waals surface area contributed by atoms with Crippen molar-refractivity contribution in [3.63, 3.8) is 0 Å². The van der Waals surface area contributed by atoms with Crippen molar-refractivity contribution in [3.8, 4) is 0 Å². The first-order valence-corrected chi connectivity index (χ1v) is 4.21. The average Bonchev–Trinajstić information content (AvgIpc) is 1.60. The Labute approximate surface area is 61.4 Å². The summed E-state index contributed by atoms with van der Waals surface area (Å²) >= 11 is 4.48. The zero-order chi connectivity index (χ0) is 6.48. The molecule has 1 nitrogen and oxygen atoms in total. The Hall–Kier alpha value is 0.310. The maximum atomic E-state index is 5.86. The lowest BCUT2D eigenvalue weighted by molar-refractivity contribution is 0.0135. The Bertz CT molecular complexity index is 121. The highest BCUT2D eigenvalue weighted by Crippen LogP contribution is 2.57. The Morgan fingerprint density at radius 2 is 2.11 bits per heavy atom. The Morgan fingerprint density at radius 1 is 1.44 bits per heavy atom. The van der Waals surface area contributed by atoms with Gasteiger partial charge in [-0.2, -0.15) is 12.6 Å².